The first-order chi connectivity index (χ1) is 13.0. The number of fused-ring (bicyclic) bond motifs is 1. The van der Waals surface area contributed by atoms with Crippen LogP contribution in [0.5, 0.6) is 0 Å². The summed E-state index contributed by atoms with van der Waals surface area (Å²) in [5.74, 6) is 0.375. The fraction of sp³-hybridized carbons (Fsp3) is 0.0909. The lowest BCUT2D eigenvalue weighted by Crippen LogP contribution is -2.11. The van der Waals surface area contributed by atoms with Gasteiger partial charge in [-0.1, -0.05) is 29.8 Å². The van der Waals surface area contributed by atoms with Crippen LogP contribution in [0.25, 0.3) is 22.6 Å². The molecule has 27 heavy (non-hydrogen) atoms. The highest BCUT2D eigenvalue weighted by molar-refractivity contribution is 6.30. The van der Waals surface area contributed by atoms with Crippen molar-refractivity contribution < 1.29 is 9.21 Å². The maximum atomic E-state index is 12.4. The van der Waals surface area contributed by atoms with E-state index >= 15 is 0 Å². The van der Waals surface area contributed by atoms with E-state index in [1.807, 2.05) is 50.2 Å². The number of carbonyl (C=O) groups excluding carboxylic acids is 1. The molecule has 4 aromatic rings. The van der Waals surface area contributed by atoms with E-state index in [4.69, 9.17) is 16.0 Å². The fourth-order valence-corrected chi connectivity index (χ4v) is 3.13. The van der Waals surface area contributed by atoms with Crippen molar-refractivity contribution in [2.75, 3.05) is 5.32 Å². The molecule has 0 saturated heterocycles. The first-order valence-corrected chi connectivity index (χ1v) is 8.93. The van der Waals surface area contributed by atoms with Crippen molar-refractivity contribution in [3.8, 4) is 11.5 Å². The number of nitrogens with zero attached hydrogens (tertiary/aromatic N) is 1. The molecule has 4 rings (SSSR count). The number of aromatic nitrogens is 1. The Morgan fingerprint density at radius 1 is 1.00 bits per heavy atom. The van der Waals surface area contributed by atoms with Crippen molar-refractivity contribution in [3.05, 3.63) is 82.4 Å². The van der Waals surface area contributed by atoms with E-state index < -0.39 is 0 Å². The first kappa shape index (κ1) is 17.3. The Labute approximate surface area is 161 Å². The Bertz CT molecular complexity index is 1150. The number of nitrogens with one attached hydrogen (secondary N) is 1. The van der Waals surface area contributed by atoms with Gasteiger partial charge in [-0.05, 0) is 67.4 Å². The Morgan fingerprint density at radius 2 is 1.74 bits per heavy atom. The number of benzene rings is 3. The summed E-state index contributed by atoms with van der Waals surface area (Å²) >= 11 is 5.88. The minimum atomic E-state index is -0.201. The summed E-state index contributed by atoms with van der Waals surface area (Å²) in [6.07, 6.45) is 0. The number of hydrogen-bond acceptors (Lipinski definition) is 3. The quantitative estimate of drug-likeness (QED) is 0.475. The molecule has 0 radical (unpaired) electrons. The number of amides is 1. The van der Waals surface area contributed by atoms with E-state index in [1.54, 1.807) is 24.3 Å². The number of carbonyl (C=O) groups is 1. The van der Waals surface area contributed by atoms with E-state index in [0.717, 1.165) is 22.3 Å². The predicted octanol–water partition coefficient (Wildman–Crippen LogP) is 6.02. The Kier molecular flexibility index (Phi) is 4.42. The molecule has 0 aliphatic rings. The summed E-state index contributed by atoms with van der Waals surface area (Å²) in [5.41, 5.74) is 5.60. The van der Waals surface area contributed by atoms with Crippen LogP contribution in [-0.2, 0) is 0 Å². The van der Waals surface area contributed by atoms with Gasteiger partial charge in [-0.15, -0.1) is 0 Å². The number of rotatable bonds is 3. The lowest BCUT2D eigenvalue weighted by Gasteiger charge is -2.06. The minimum Gasteiger partial charge on any atom is -0.436 e. The third-order valence-electron chi connectivity index (χ3n) is 4.42. The minimum absolute atomic E-state index is 0.201. The Morgan fingerprint density at radius 3 is 2.48 bits per heavy atom. The van der Waals surface area contributed by atoms with E-state index in [-0.39, 0.29) is 5.91 Å². The van der Waals surface area contributed by atoms with Crippen LogP contribution in [0.4, 0.5) is 5.69 Å². The molecule has 134 valence electrons. The number of aryl methyl sites for hydroxylation is 2. The highest BCUT2D eigenvalue weighted by Crippen LogP contribution is 2.30. The average molecular weight is 377 g/mol. The molecule has 1 amide bonds. The van der Waals surface area contributed by atoms with Crippen molar-refractivity contribution in [1.29, 1.82) is 0 Å². The standard InChI is InChI=1S/C22H17ClN2O2/c1-13-5-3-4-6-18(13)22-25-19-12-17(11-14(2)20(19)27-22)24-21(26)15-7-9-16(23)10-8-15/h3-12H,1-2H3,(H,24,26). The maximum absolute atomic E-state index is 12.4. The molecule has 0 spiro atoms. The molecule has 1 N–H and O–H groups in total. The zero-order valence-corrected chi connectivity index (χ0v) is 15.7. The molecule has 3 aromatic carbocycles. The number of halogens is 1. The molecule has 0 aliphatic carbocycles. The fourth-order valence-electron chi connectivity index (χ4n) is 3.00. The number of hydrogen-bond donors (Lipinski definition) is 1. The highest BCUT2D eigenvalue weighted by Gasteiger charge is 2.14. The number of anilines is 1. The van der Waals surface area contributed by atoms with Crippen LogP contribution >= 0.6 is 11.6 Å². The van der Waals surface area contributed by atoms with Crippen LogP contribution in [0.3, 0.4) is 0 Å². The zero-order valence-electron chi connectivity index (χ0n) is 14.9. The van der Waals surface area contributed by atoms with Gasteiger partial charge in [0.15, 0.2) is 5.58 Å². The molecular weight excluding hydrogens is 360 g/mol. The lowest BCUT2D eigenvalue weighted by molar-refractivity contribution is 0.102. The summed E-state index contributed by atoms with van der Waals surface area (Å²) in [6.45, 7) is 3.96. The van der Waals surface area contributed by atoms with Crippen molar-refractivity contribution >= 4 is 34.3 Å². The van der Waals surface area contributed by atoms with Gasteiger partial charge in [0.1, 0.15) is 5.52 Å². The van der Waals surface area contributed by atoms with E-state index in [0.29, 0.717) is 27.7 Å². The summed E-state index contributed by atoms with van der Waals surface area (Å²) < 4.78 is 5.99. The van der Waals surface area contributed by atoms with Gasteiger partial charge in [0, 0.05) is 21.8 Å². The van der Waals surface area contributed by atoms with Crippen molar-refractivity contribution in [2.45, 2.75) is 13.8 Å². The van der Waals surface area contributed by atoms with E-state index in [2.05, 4.69) is 10.3 Å². The smallest absolute Gasteiger partial charge is 0.255 e. The average Bonchev–Trinajstić information content (AvgIpc) is 3.07. The maximum Gasteiger partial charge on any atom is 0.255 e. The van der Waals surface area contributed by atoms with Crippen LogP contribution in [0.1, 0.15) is 21.5 Å². The van der Waals surface area contributed by atoms with Gasteiger partial charge >= 0.3 is 0 Å². The largest absolute Gasteiger partial charge is 0.436 e. The predicted molar refractivity (Wildman–Crippen MR) is 108 cm³/mol. The van der Waals surface area contributed by atoms with Crippen LogP contribution in [0.15, 0.2) is 65.1 Å². The highest BCUT2D eigenvalue weighted by atomic mass is 35.5. The topological polar surface area (TPSA) is 55.1 Å². The third kappa shape index (κ3) is 3.44. The van der Waals surface area contributed by atoms with Crippen molar-refractivity contribution in [1.82, 2.24) is 4.98 Å². The molecule has 5 heteroatoms. The van der Waals surface area contributed by atoms with Crippen LogP contribution in [-0.4, -0.2) is 10.9 Å². The SMILES string of the molecule is Cc1ccccc1-c1nc2cc(NC(=O)c3ccc(Cl)cc3)cc(C)c2o1. The van der Waals surface area contributed by atoms with Gasteiger partial charge < -0.3 is 9.73 Å². The molecular formula is C22H17ClN2O2. The summed E-state index contributed by atoms with van der Waals surface area (Å²) in [6, 6.07) is 18.4. The summed E-state index contributed by atoms with van der Waals surface area (Å²) in [7, 11) is 0. The Hall–Kier alpha value is -3.11. The second-order valence-corrected chi connectivity index (χ2v) is 6.87. The first-order valence-electron chi connectivity index (χ1n) is 8.55. The number of oxazole rings is 1. The van der Waals surface area contributed by atoms with Crippen molar-refractivity contribution in [3.63, 3.8) is 0 Å². The molecule has 0 atom stereocenters. The van der Waals surface area contributed by atoms with Crippen LogP contribution in [0.2, 0.25) is 5.02 Å². The van der Waals surface area contributed by atoms with Gasteiger partial charge in [-0.3, -0.25) is 4.79 Å². The molecule has 0 fully saturated rings. The van der Waals surface area contributed by atoms with Gasteiger partial charge in [-0.2, -0.15) is 0 Å². The molecule has 1 heterocycles. The third-order valence-corrected chi connectivity index (χ3v) is 4.67. The Balaban J connectivity index is 1.68. The van der Waals surface area contributed by atoms with E-state index in [1.165, 1.54) is 0 Å². The lowest BCUT2D eigenvalue weighted by atomic mass is 10.1. The van der Waals surface area contributed by atoms with Crippen molar-refractivity contribution in [2.24, 2.45) is 0 Å². The van der Waals surface area contributed by atoms with Crippen LogP contribution in [0, 0.1) is 13.8 Å². The van der Waals surface area contributed by atoms with Gasteiger partial charge in [0.25, 0.3) is 5.91 Å². The van der Waals surface area contributed by atoms with Gasteiger partial charge in [-0.25, -0.2) is 4.98 Å². The molecule has 0 bridgehead atoms. The second-order valence-electron chi connectivity index (χ2n) is 6.44. The monoisotopic (exact) mass is 376 g/mol. The summed E-state index contributed by atoms with van der Waals surface area (Å²) in [5, 5.41) is 3.50. The molecule has 4 nitrogen and oxygen atoms in total. The van der Waals surface area contributed by atoms with Gasteiger partial charge in [0.05, 0.1) is 0 Å². The molecule has 1 aromatic heterocycles. The van der Waals surface area contributed by atoms with E-state index in [9.17, 15) is 4.79 Å². The summed E-state index contributed by atoms with van der Waals surface area (Å²) in [4.78, 5) is 17.1. The molecule has 0 unspecified atom stereocenters. The van der Waals surface area contributed by atoms with Crippen LogP contribution < -0.4 is 5.32 Å². The normalized spacial score (nSPS) is 10.9. The van der Waals surface area contributed by atoms with Gasteiger partial charge in [0.2, 0.25) is 5.89 Å². The zero-order chi connectivity index (χ0) is 19.0. The molecule has 0 saturated carbocycles. The molecule has 0 aliphatic heterocycles. The second kappa shape index (κ2) is 6.89.